The molecular formula is C25H40O6. The molecule has 0 aliphatic heterocycles. The third-order valence-electron chi connectivity index (χ3n) is 7.10. The maximum atomic E-state index is 10.8. The number of rotatable bonds is 13. The molecule has 2 aliphatic rings. The van der Waals surface area contributed by atoms with Crippen LogP contribution in [-0.2, 0) is 17.6 Å². The van der Waals surface area contributed by atoms with Crippen molar-refractivity contribution < 1.29 is 29.9 Å². The van der Waals surface area contributed by atoms with E-state index in [9.17, 15) is 15.3 Å². The maximum Gasteiger partial charge on any atom is 0.189 e. The Bertz CT molecular complexity index is 665. The quantitative estimate of drug-likeness (QED) is 0.280. The molecule has 1 aromatic carbocycles. The lowest BCUT2D eigenvalue weighted by Crippen LogP contribution is -2.28. The molecule has 31 heavy (non-hydrogen) atoms. The molecule has 4 N–H and O–H groups in total. The van der Waals surface area contributed by atoms with Crippen LogP contribution in [0.5, 0.6) is 5.75 Å². The Morgan fingerprint density at radius 3 is 2.74 bits per heavy atom. The summed E-state index contributed by atoms with van der Waals surface area (Å²) < 4.78 is 10.9. The highest BCUT2D eigenvalue weighted by Crippen LogP contribution is 2.48. The van der Waals surface area contributed by atoms with Crippen LogP contribution in [0.25, 0.3) is 0 Å². The van der Waals surface area contributed by atoms with Crippen molar-refractivity contribution in [2.45, 2.75) is 83.2 Å². The molecule has 1 saturated carbocycles. The van der Waals surface area contributed by atoms with Crippen molar-refractivity contribution in [2.24, 2.45) is 17.8 Å². The molecule has 2 aliphatic carbocycles. The Kier molecular flexibility index (Phi) is 9.60. The molecule has 0 bridgehead atoms. The first-order chi connectivity index (χ1) is 15.0. The van der Waals surface area contributed by atoms with Gasteiger partial charge in [-0.2, -0.15) is 0 Å². The monoisotopic (exact) mass is 436 g/mol. The Morgan fingerprint density at radius 1 is 1.13 bits per heavy atom. The number of aliphatic hydroxyl groups is 4. The van der Waals surface area contributed by atoms with E-state index < -0.39 is 6.29 Å². The van der Waals surface area contributed by atoms with Crippen LogP contribution in [0.2, 0.25) is 0 Å². The molecule has 1 aromatic rings. The van der Waals surface area contributed by atoms with Gasteiger partial charge in [-0.1, -0.05) is 38.3 Å². The summed E-state index contributed by atoms with van der Waals surface area (Å²) in [7, 11) is 0. The smallest absolute Gasteiger partial charge is 0.189 e. The second-order valence-corrected chi connectivity index (χ2v) is 9.28. The van der Waals surface area contributed by atoms with Crippen LogP contribution in [0.15, 0.2) is 18.2 Å². The van der Waals surface area contributed by atoms with Gasteiger partial charge in [-0.15, -0.1) is 0 Å². The fourth-order valence-electron chi connectivity index (χ4n) is 5.50. The van der Waals surface area contributed by atoms with E-state index in [-0.39, 0.29) is 37.9 Å². The van der Waals surface area contributed by atoms with E-state index in [1.165, 1.54) is 17.5 Å². The summed E-state index contributed by atoms with van der Waals surface area (Å²) >= 11 is 0. The topological polar surface area (TPSA) is 99.4 Å². The molecule has 0 heterocycles. The van der Waals surface area contributed by atoms with Gasteiger partial charge in [-0.25, -0.2) is 0 Å². The lowest BCUT2D eigenvalue weighted by molar-refractivity contribution is -0.125. The minimum Gasteiger partial charge on any atom is -0.488 e. The van der Waals surface area contributed by atoms with Crippen molar-refractivity contribution in [3.05, 3.63) is 29.3 Å². The molecule has 1 unspecified atom stereocenters. The number of aliphatic hydroxyl groups excluding tert-OH is 4. The zero-order chi connectivity index (χ0) is 22.2. The van der Waals surface area contributed by atoms with Crippen molar-refractivity contribution in [1.82, 2.24) is 0 Å². The first-order valence-corrected chi connectivity index (χ1v) is 12.0. The summed E-state index contributed by atoms with van der Waals surface area (Å²) in [5.41, 5.74) is 2.43. The fraction of sp³-hybridized carbons (Fsp3) is 0.760. The number of unbranched alkanes of at least 4 members (excludes halogenated alkanes) is 2. The summed E-state index contributed by atoms with van der Waals surface area (Å²) in [6, 6.07) is 6.04. The predicted molar refractivity (Wildman–Crippen MR) is 119 cm³/mol. The molecule has 0 saturated heterocycles. The zero-order valence-corrected chi connectivity index (χ0v) is 18.8. The standard InChI is InChI=1S/C25H40O6/c1-2-3-4-7-19(27)9-10-20-21-13-17-6-5-8-24(31-16-25(29)30-12-11-26)22(17)14-18(21)15-23(20)28/h5-6,8,18-21,23,25-29H,2-4,7,9-16H2,1H3/t18-,19+,20+,21-,23+,25?/m0/s1. The lowest BCUT2D eigenvalue weighted by atomic mass is 9.73. The summed E-state index contributed by atoms with van der Waals surface area (Å²) in [6.07, 6.45) is 6.90. The maximum absolute atomic E-state index is 10.8. The highest BCUT2D eigenvalue weighted by atomic mass is 16.6. The van der Waals surface area contributed by atoms with Crippen molar-refractivity contribution >= 4 is 0 Å². The number of hydrogen-bond donors (Lipinski definition) is 4. The molecule has 6 nitrogen and oxygen atoms in total. The highest BCUT2D eigenvalue weighted by molar-refractivity contribution is 5.43. The second-order valence-electron chi connectivity index (χ2n) is 9.28. The van der Waals surface area contributed by atoms with E-state index in [1.807, 2.05) is 12.1 Å². The van der Waals surface area contributed by atoms with E-state index in [4.69, 9.17) is 14.6 Å². The van der Waals surface area contributed by atoms with E-state index in [0.29, 0.717) is 11.8 Å². The molecule has 0 amide bonds. The molecule has 0 spiro atoms. The van der Waals surface area contributed by atoms with Gasteiger partial charge in [0.05, 0.1) is 25.4 Å². The molecule has 6 heteroatoms. The predicted octanol–water partition coefficient (Wildman–Crippen LogP) is 2.83. The normalized spacial score (nSPS) is 26.9. The summed E-state index contributed by atoms with van der Waals surface area (Å²) in [6.45, 7) is 2.13. The van der Waals surface area contributed by atoms with Crippen LogP contribution >= 0.6 is 0 Å². The number of hydrogen-bond acceptors (Lipinski definition) is 6. The Balaban J connectivity index is 1.58. The fourth-order valence-corrected chi connectivity index (χ4v) is 5.50. The van der Waals surface area contributed by atoms with Gasteiger partial charge in [-0.3, -0.25) is 0 Å². The van der Waals surface area contributed by atoms with Gasteiger partial charge in [0.2, 0.25) is 0 Å². The molecule has 1 fully saturated rings. The second kappa shape index (κ2) is 12.2. The van der Waals surface area contributed by atoms with Crippen molar-refractivity contribution in [3.8, 4) is 5.75 Å². The first-order valence-electron chi connectivity index (χ1n) is 12.0. The van der Waals surface area contributed by atoms with Gasteiger partial charge in [-0.05, 0) is 73.5 Å². The van der Waals surface area contributed by atoms with Crippen LogP contribution in [0.3, 0.4) is 0 Å². The molecule has 176 valence electrons. The first kappa shape index (κ1) is 24.5. The molecule has 0 aromatic heterocycles. The summed E-state index contributed by atoms with van der Waals surface area (Å²) in [4.78, 5) is 0. The minimum absolute atomic E-state index is 0.0196. The third kappa shape index (κ3) is 6.65. The van der Waals surface area contributed by atoms with Crippen LogP contribution < -0.4 is 4.74 Å². The average molecular weight is 437 g/mol. The largest absolute Gasteiger partial charge is 0.488 e. The van der Waals surface area contributed by atoms with Gasteiger partial charge in [0.1, 0.15) is 12.4 Å². The summed E-state index contributed by atoms with van der Waals surface area (Å²) in [5.74, 6) is 1.88. The van der Waals surface area contributed by atoms with E-state index in [1.54, 1.807) is 0 Å². The van der Waals surface area contributed by atoms with Gasteiger partial charge >= 0.3 is 0 Å². The van der Waals surface area contributed by atoms with Crippen LogP contribution in [0, 0.1) is 17.8 Å². The zero-order valence-electron chi connectivity index (χ0n) is 18.8. The van der Waals surface area contributed by atoms with Crippen LogP contribution in [-0.4, -0.2) is 58.7 Å². The van der Waals surface area contributed by atoms with Crippen molar-refractivity contribution in [2.75, 3.05) is 19.8 Å². The molecule has 0 radical (unpaired) electrons. The Labute approximate surface area is 186 Å². The molecule has 3 rings (SSSR count). The lowest BCUT2D eigenvalue weighted by Gasteiger charge is -2.32. The van der Waals surface area contributed by atoms with Gasteiger partial charge < -0.3 is 29.9 Å². The van der Waals surface area contributed by atoms with Gasteiger partial charge in [0, 0.05) is 0 Å². The number of ether oxygens (including phenoxy) is 2. The van der Waals surface area contributed by atoms with Crippen LogP contribution in [0.4, 0.5) is 0 Å². The van der Waals surface area contributed by atoms with E-state index in [0.717, 1.165) is 57.1 Å². The summed E-state index contributed by atoms with van der Waals surface area (Å²) in [5, 5.41) is 39.7. The van der Waals surface area contributed by atoms with Crippen LogP contribution in [0.1, 0.15) is 63.0 Å². The van der Waals surface area contributed by atoms with E-state index >= 15 is 0 Å². The van der Waals surface area contributed by atoms with Gasteiger partial charge in [0.15, 0.2) is 6.29 Å². The SMILES string of the molecule is CCCCC[C@@H](O)CC[C@@H]1[C@H]2Cc3cccc(OCC(O)OCCO)c3C[C@H]2C[C@H]1O. The number of benzene rings is 1. The van der Waals surface area contributed by atoms with Crippen molar-refractivity contribution in [3.63, 3.8) is 0 Å². The van der Waals surface area contributed by atoms with Crippen molar-refractivity contribution in [1.29, 1.82) is 0 Å². The Hall–Kier alpha value is -1.18. The van der Waals surface area contributed by atoms with E-state index in [2.05, 4.69) is 13.0 Å². The highest BCUT2D eigenvalue weighted by Gasteiger charge is 2.44. The number of fused-ring (bicyclic) bond motifs is 2. The molecule has 6 atom stereocenters. The van der Waals surface area contributed by atoms with Gasteiger partial charge in [0.25, 0.3) is 0 Å². The minimum atomic E-state index is -1.07. The molecular weight excluding hydrogens is 396 g/mol. The third-order valence-corrected chi connectivity index (χ3v) is 7.10. The Morgan fingerprint density at radius 2 is 1.97 bits per heavy atom. The average Bonchev–Trinajstić information content (AvgIpc) is 3.07.